The van der Waals surface area contributed by atoms with Gasteiger partial charge in [0.2, 0.25) is 5.91 Å². The summed E-state index contributed by atoms with van der Waals surface area (Å²) in [6, 6.07) is 0. The van der Waals surface area contributed by atoms with Crippen LogP contribution in [0.4, 0.5) is 0 Å². The van der Waals surface area contributed by atoms with Gasteiger partial charge in [0.05, 0.1) is 0 Å². The summed E-state index contributed by atoms with van der Waals surface area (Å²) in [5.74, 6) is 0.679. The smallest absolute Gasteiger partial charge is 0.240 e. The fourth-order valence-electron chi connectivity index (χ4n) is 2.30. The number of piperidine rings is 1. The molecule has 1 atom stereocenters. The van der Waals surface area contributed by atoms with E-state index >= 15 is 0 Å². The summed E-state index contributed by atoms with van der Waals surface area (Å²) in [4.78, 5) is 13.6. The number of rotatable bonds is 3. The molecule has 0 aromatic carbocycles. The van der Waals surface area contributed by atoms with E-state index < -0.39 is 5.38 Å². The Balaban J connectivity index is 2.49. The minimum Gasteiger partial charge on any atom is -0.341 e. The number of carbonyl (C=O) groups excluding carboxylic acids is 1. The van der Waals surface area contributed by atoms with Gasteiger partial charge >= 0.3 is 0 Å². The quantitative estimate of drug-likeness (QED) is 0.773. The number of nitrogens with zero attached hydrogens (tertiary/aromatic N) is 1. The molecule has 2 N–H and O–H groups in total. The average molecular weight is 247 g/mol. The van der Waals surface area contributed by atoms with Crippen LogP contribution in [0.3, 0.4) is 0 Å². The lowest BCUT2D eigenvalue weighted by Crippen LogP contribution is -2.45. The number of halogens is 1. The third kappa shape index (κ3) is 3.11. The average Bonchev–Trinajstić information content (AvgIpc) is 2.28. The summed E-state index contributed by atoms with van der Waals surface area (Å²) in [6.45, 7) is 8.50. The molecule has 1 amide bonds. The van der Waals surface area contributed by atoms with Gasteiger partial charge in [0, 0.05) is 13.1 Å². The van der Waals surface area contributed by atoms with Crippen LogP contribution in [0, 0.1) is 11.3 Å². The molecule has 1 aliphatic rings. The lowest BCUT2D eigenvalue weighted by Gasteiger charge is -2.40. The molecule has 0 radical (unpaired) electrons. The fourth-order valence-corrected chi connectivity index (χ4v) is 2.44. The van der Waals surface area contributed by atoms with Gasteiger partial charge in [-0.15, -0.1) is 11.6 Å². The molecule has 1 heterocycles. The van der Waals surface area contributed by atoms with Crippen LogP contribution in [-0.2, 0) is 4.79 Å². The highest BCUT2D eigenvalue weighted by molar-refractivity contribution is 6.30. The third-order valence-electron chi connectivity index (χ3n) is 3.78. The molecule has 0 aliphatic carbocycles. The van der Waals surface area contributed by atoms with E-state index in [2.05, 4.69) is 13.8 Å². The number of carbonyl (C=O) groups is 1. The second-order valence-corrected chi connectivity index (χ2v) is 6.06. The first-order chi connectivity index (χ1) is 7.38. The van der Waals surface area contributed by atoms with Crippen molar-refractivity contribution in [1.82, 2.24) is 4.90 Å². The van der Waals surface area contributed by atoms with Crippen molar-refractivity contribution in [2.24, 2.45) is 17.1 Å². The molecule has 0 bridgehead atoms. The number of alkyl halides is 1. The van der Waals surface area contributed by atoms with Crippen LogP contribution in [0.15, 0.2) is 0 Å². The summed E-state index contributed by atoms with van der Waals surface area (Å²) in [5, 5.41) is -0.404. The van der Waals surface area contributed by atoms with Gasteiger partial charge in [-0.05, 0) is 37.6 Å². The Kier molecular flexibility index (Phi) is 4.62. The van der Waals surface area contributed by atoms with Crippen molar-refractivity contribution in [2.75, 3.05) is 19.6 Å². The molecule has 0 aromatic rings. The van der Waals surface area contributed by atoms with Crippen LogP contribution in [0.5, 0.6) is 0 Å². The van der Waals surface area contributed by atoms with Gasteiger partial charge < -0.3 is 10.6 Å². The lowest BCUT2D eigenvalue weighted by atomic mass is 9.74. The molecule has 1 saturated heterocycles. The summed E-state index contributed by atoms with van der Waals surface area (Å²) >= 11 is 5.80. The summed E-state index contributed by atoms with van der Waals surface area (Å²) in [5.41, 5.74) is 5.96. The minimum atomic E-state index is -0.404. The zero-order valence-electron chi connectivity index (χ0n) is 10.5. The predicted molar refractivity (Wildman–Crippen MR) is 67.5 cm³/mol. The molecule has 94 valence electrons. The van der Waals surface area contributed by atoms with Crippen molar-refractivity contribution in [3.63, 3.8) is 0 Å². The van der Waals surface area contributed by atoms with E-state index in [1.807, 2.05) is 4.90 Å². The molecule has 0 saturated carbocycles. The van der Waals surface area contributed by atoms with Gasteiger partial charge in [0.1, 0.15) is 5.38 Å². The first-order valence-corrected chi connectivity index (χ1v) is 6.45. The summed E-state index contributed by atoms with van der Waals surface area (Å²) < 4.78 is 0. The SMILES string of the molecule is CC(Cl)C(=O)N1CCC(C(C)(C)CN)CC1. The molecule has 1 unspecified atom stereocenters. The normalized spacial score (nSPS) is 20.9. The Labute approximate surface area is 103 Å². The van der Waals surface area contributed by atoms with Gasteiger partial charge in [-0.2, -0.15) is 0 Å². The van der Waals surface area contributed by atoms with E-state index in [-0.39, 0.29) is 11.3 Å². The molecule has 0 aromatic heterocycles. The van der Waals surface area contributed by atoms with Crippen molar-refractivity contribution in [3.05, 3.63) is 0 Å². The Hall–Kier alpha value is -0.280. The van der Waals surface area contributed by atoms with E-state index in [9.17, 15) is 4.79 Å². The molecule has 16 heavy (non-hydrogen) atoms. The molecule has 0 spiro atoms. The maximum atomic E-state index is 11.7. The van der Waals surface area contributed by atoms with Crippen LogP contribution >= 0.6 is 11.6 Å². The van der Waals surface area contributed by atoms with Crippen molar-refractivity contribution < 1.29 is 4.79 Å². The maximum Gasteiger partial charge on any atom is 0.240 e. The van der Waals surface area contributed by atoms with Crippen LogP contribution in [0.25, 0.3) is 0 Å². The Morgan fingerprint density at radius 3 is 2.38 bits per heavy atom. The zero-order chi connectivity index (χ0) is 12.3. The molecular formula is C12H23ClN2O. The number of nitrogens with two attached hydrogens (primary N) is 1. The lowest BCUT2D eigenvalue weighted by molar-refractivity contribution is -0.132. The van der Waals surface area contributed by atoms with Gasteiger partial charge in [0.25, 0.3) is 0 Å². The first-order valence-electron chi connectivity index (χ1n) is 6.01. The topological polar surface area (TPSA) is 46.3 Å². The van der Waals surface area contributed by atoms with Crippen LogP contribution in [0.1, 0.15) is 33.6 Å². The van der Waals surface area contributed by atoms with E-state index in [4.69, 9.17) is 17.3 Å². The number of hydrogen-bond donors (Lipinski definition) is 1. The molecule has 3 nitrogen and oxygen atoms in total. The Morgan fingerprint density at radius 2 is 2.00 bits per heavy atom. The fraction of sp³-hybridized carbons (Fsp3) is 0.917. The standard InChI is InChI=1S/C12H23ClN2O/c1-9(13)11(16)15-6-4-10(5-7-15)12(2,3)8-14/h9-10H,4-8,14H2,1-3H3. The highest BCUT2D eigenvalue weighted by atomic mass is 35.5. The summed E-state index contributed by atoms with van der Waals surface area (Å²) in [7, 11) is 0. The van der Waals surface area contributed by atoms with Gasteiger partial charge in [-0.1, -0.05) is 13.8 Å². The van der Waals surface area contributed by atoms with Gasteiger partial charge in [-0.25, -0.2) is 0 Å². The monoisotopic (exact) mass is 246 g/mol. The van der Waals surface area contributed by atoms with Crippen LogP contribution < -0.4 is 5.73 Å². The zero-order valence-corrected chi connectivity index (χ0v) is 11.3. The number of hydrogen-bond acceptors (Lipinski definition) is 2. The van der Waals surface area contributed by atoms with E-state index in [0.717, 1.165) is 25.9 Å². The number of amides is 1. The molecular weight excluding hydrogens is 224 g/mol. The second kappa shape index (κ2) is 5.37. The molecule has 1 aliphatic heterocycles. The molecule has 4 heteroatoms. The van der Waals surface area contributed by atoms with Crippen LogP contribution in [-0.4, -0.2) is 35.8 Å². The Bertz CT molecular complexity index is 245. The first kappa shape index (κ1) is 13.8. The van der Waals surface area contributed by atoms with E-state index in [0.29, 0.717) is 12.5 Å². The molecule has 1 fully saturated rings. The van der Waals surface area contributed by atoms with E-state index in [1.165, 1.54) is 0 Å². The number of likely N-dealkylation sites (tertiary alicyclic amines) is 1. The second-order valence-electron chi connectivity index (χ2n) is 5.41. The molecule has 1 rings (SSSR count). The maximum absolute atomic E-state index is 11.7. The van der Waals surface area contributed by atoms with Crippen molar-refractivity contribution in [2.45, 2.75) is 39.0 Å². The highest BCUT2D eigenvalue weighted by Gasteiger charge is 2.33. The van der Waals surface area contributed by atoms with Crippen molar-refractivity contribution in [3.8, 4) is 0 Å². The predicted octanol–water partition coefficient (Wildman–Crippen LogP) is 1.84. The van der Waals surface area contributed by atoms with Crippen LogP contribution in [0.2, 0.25) is 0 Å². The Morgan fingerprint density at radius 1 is 1.50 bits per heavy atom. The highest BCUT2D eigenvalue weighted by Crippen LogP contribution is 2.34. The van der Waals surface area contributed by atoms with Crippen molar-refractivity contribution in [1.29, 1.82) is 0 Å². The van der Waals surface area contributed by atoms with Gasteiger partial charge in [0.15, 0.2) is 0 Å². The third-order valence-corrected chi connectivity index (χ3v) is 3.96. The van der Waals surface area contributed by atoms with Gasteiger partial charge in [-0.3, -0.25) is 4.79 Å². The minimum absolute atomic E-state index is 0.0608. The largest absolute Gasteiger partial charge is 0.341 e. The summed E-state index contributed by atoms with van der Waals surface area (Å²) in [6.07, 6.45) is 2.08. The van der Waals surface area contributed by atoms with Crippen molar-refractivity contribution >= 4 is 17.5 Å². The van der Waals surface area contributed by atoms with E-state index in [1.54, 1.807) is 6.92 Å².